The number of hydrogen-bond donors (Lipinski definition) is 2. The fraction of sp³-hybridized carbons (Fsp3) is 0.667. The van der Waals surface area contributed by atoms with E-state index in [1.165, 1.54) is 6.92 Å². The maximum Gasteiger partial charge on any atom is 0.332 e. The molecule has 0 rings (SSSR count). The SMILES string of the molecule is CC(O)C(=O)O.O.[Zn]. The Balaban J connectivity index is -0.000000125. The molecular formula is C3H8O4Zn. The first-order valence-electron chi connectivity index (χ1n) is 1.55. The fourth-order valence-corrected chi connectivity index (χ4v) is 0. The zero-order chi connectivity index (χ0) is 5.15. The van der Waals surface area contributed by atoms with Crippen molar-refractivity contribution in [3.8, 4) is 0 Å². The molecule has 0 amide bonds. The first-order chi connectivity index (χ1) is 2.64. The molecule has 0 saturated heterocycles. The first kappa shape index (κ1) is 15.7. The van der Waals surface area contributed by atoms with E-state index in [0.717, 1.165) is 0 Å². The van der Waals surface area contributed by atoms with E-state index in [4.69, 9.17) is 10.2 Å². The van der Waals surface area contributed by atoms with Crippen molar-refractivity contribution in [1.29, 1.82) is 0 Å². The van der Waals surface area contributed by atoms with Crippen LogP contribution in [0, 0.1) is 0 Å². The van der Waals surface area contributed by atoms with Crippen molar-refractivity contribution < 1.29 is 40.0 Å². The monoisotopic (exact) mass is 172 g/mol. The molecule has 0 aliphatic carbocycles. The predicted molar refractivity (Wildman–Crippen MR) is 22.9 cm³/mol. The Labute approximate surface area is 59.6 Å². The van der Waals surface area contributed by atoms with E-state index in [1.807, 2.05) is 0 Å². The molecule has 5 heteroatoms. The summed E-state index contributed by atoms with van der Waals surface area (Å²) in [5, 5.41) is 15.8. The normalized spacial score (nSPS) is 10.2. The summed E-state index contributed by atoms with van der Waals surface area (Å²) in [6.07, 6.45) is -1.23. The molecule has 0 spiro atoms. The number of carbonyl (C=O) groups is 1. The standard InChI is InChI=1S/C3H6O3.H2O.Zn/c1-2(4)3(5)6;;/h2,4H,1H3,(H,5,6);1H2;. The number of aliphatic hydroxyl groups excluding tert-OH is 1. The van der Waals surface area contributed by atoms with Crippen molar-refractivity contribution in [3.63, 3.8) is 0 Å². The maximum atomic E-state index is 9.45. The van der Waals surface area contributed by atoms with Gasteiger partial charge in [0.25, 0.3) is 0 Å². The van der Waals surface area contributed by atoms with Gasteiger partial charge in [-0.1, -0.05) is 0 Å². The van der Waals surface area contributed by atoms with Crippen LogP contribution >= 0.6 is 0 Å². The fourth-order valence-electron chi connectivity index (χ4n) is 0. The zero-order valence-electron chi connectivity index (χ0n) is 4.59. The second-order valence-electron chi connectivity index (χ2n) is 1.01. The molecule has 0 aliphatic heterocycles. The molecule has 4 N–H and O–H groups in total. The van der Waals surface area contributed by atoms with Gasteiger partial charge in [-0.2, -0.15) is 0 Å². The van der Waals surface area contributed by atoms with Crippen LogP contribution in [0.25, 0.3) is 0 Å². The molecule has 1 unspecified atom stereocenters. The smallest absolute Gasteiger partial charge is 0.332 e. The molecule has 0 aromatic carbocycles. The van der Waals surface area contributed by atoms with Gasteiger partial charge in [0.2, 0.25) is 0 Å². The molecular weight excluding hydrogens is 165 g/mol. The van der Waals surface area contributed by atoms with Crippen LogP contribution in [0.5, 0.6) is 0 Å². The Bertz CT molecular complexity index is 62.3. The van der Waals surface area contributed by atoms with Crippen LogP contribution in [0.2, 0.25) is 0 Å². The third-order valence-electron chi connectivity index (χ3n) is 0.357. The second kappa shape index (κ2) is 7.01. The number of carboxylic acids is 1. The third-order valence-corrected chi connectivity index (χ3v) is 0.357. The molecule has 0 aliphatic rings. The van der Waals surface area contributed by atoms with Gasteiger partial charge in [-0.25, -0.2) is 4.79 Å². The van der Waals surface area contributed by atoms with Crippen LogP contribution in [0.4, 0.5) is 0 Å². The average Bonchev–Trinajstić information content (AvgIpc) is 1.36. The van der Waals surface area contributed by atoms with Gasteiger partial charge >= 0.3 is 5.97 Å². The molecule has 1 atom stereocenters. The maximum absolute atomic E-state index is 9.45. The van der Waals surface area contributed by atoms with E-state index < -0.39 is 12.1 Å². The Hall–Kier alpha value is 0.0134. The Morgan fingerprint density at radius 3 is 1.75 bits per heavy atom. The van der Waals surface area contributed by atoms with Crippen molar-refractivity contribution in [2.24, 2.45) is 0 Å². The number of hydrogen-bond acceptors (Lipinski definition) is 2. The molecule has 0 heterocycles. The molecule has 0 bridgehead atoms. The van der Waals surface area contributed by atoms with Gasteiger partial charge in [0.1, 0.15) is 6.10 Å². The van der Waals surface area contributed by atoms with Gasteiger partial charge in [-0.15, -0.1) is 0 Å². The quantitative estimate of drug-likeness (QED) is 0.479. The molecule has 0 aromatic rings. The van der Waals surface area contributed by atoms with E-state index in [-0.39, 0.29) is 25.0 Å². The summed E-state index contributed by atoms with van der Waals surface area (Å²) in [7, 11) is 0. The van der Waals surface area contributed by atoms with Crippen molar-refractivity contribution in [2.75, 3.05) is 0 Å². The van der Waals surface area contributed by atoms with Gasteiger partial charge in [-0.05, 0) is 6.92 Å². The van der Waals surface area contributed by atoms with Crippen molar-refractivity contribution >= 4 is 5.97 Å². The number of aliphatic hydroxyl groups is 1. The van der Waals surface area contributed by atoms with E-state index in [9.17, 15) is 4.79 Å². The van der Waals surface area contributed by atoms with Crippen LogP contribution in [0.15, 0.2) is 0 Å². The summed E-state index contributed by atoms with van der Waals surface area (Å²) in [6, 6.07) is 0. The largest absolute Gasteiger partial charge is 0.479 e. The molecule has 0 saturated carbocycles. The topological polar surface area (TPSA) is 89.0 Å². The van der Waals surface area contributed by atoms with Crippen LogP contribution in [-0.2, 0) is 24.3 Å². The van der Waals surface area contributed by atoms with Gasteiger partial charge in [-0.3, -0.25) is 0 Å². The van der Waals surface area contributed by atoms with Crippen molar-refractivity contribution in [1.82, 2.24) is 0 Å². The first-order valence-corrected chi connectivity index (χ1v) is 1.55. The van der Waals surface area contributed by atoms with Gasteiger partial charge < -0.3 is 15.7 Å². The minimum atomic E-state index is -1.23. The number of aliphatic carboxylic acids is 1. The van der Waals surface area contributed by atoms with Gasteiger partial charge in [0.15, 0.2) is 0 Å². The summed E-state index contributed by atoms with van der Waals surface area (Å²) in [5.74, 6) is -1.19. The second-order valence-corrected chi connectivity index (χ2v) is 1.01. The predicted octanol–water partition coefficient (Wildman–Crippen LogP) is -1.38. The van der Waals surface area contributed by atoms with E-state index in [2.05, 4.69) is 0 Å². The summed E-state index contributed by atoms with van der Waals surface area (Å²) < 4.78 is 0. The van der Waals surface area contributed by atoms with Crippen LogP contribution in [0.3, 0.4) is 0 Å². The van der Waals surface area contributed by atoms with Crippen LogP contribution in [-0.4, -0.2) is 27.8 Å². The summed E-state index contributed by atoms with van der Waals surface area (Å²) in [5.41, 5.74) is 0. The Morgan fingerprint density at radius 2 is 1.75 bits per heavy atom. The average molecular weight is 173 g/mol. The number of carboxylic acid groups (broad SMARTS) is 1. The molecule has 0 aromatic heterocycles. The van der Waals surface area contributed by atoms with Gasteiger partial charge in [0.05, 0.1) is 0 Å². The van der Waals surface area contributed by atoms with Crippen LogP contribution < -0.4 is 0 Å². The van der Waals surface area contributed by atoms with Crippen LogP contribution in [0.1, 0.15) is 6.92 Å². The molecule has 0 radical (unpaired) electrons. The van der Waals surface area contributed by atoms with E-state index in [0.29, 0.717) is 0 Å². The van der Waals surface area contributed by atoms with Gasteiger partial charge in [0, 0.05) is 19.5 Å². The molecule has 8 heavy (non-hydrogen) atoms. The van der Waals surface area contributed by atoms with Crippen molar-refractivity contribution in [2.45, 2.75) is 13.0 Å². The van der Waals surface area contributed by atoms with E-state index in [1.54, 1.807) is 0 Å². The molecule has 4 nitrogen and oxygen atoms in total. The summed E-state index contributed by atoms with van der Waals surface area (Å²) >= 11 is 0. The molecule has 0 fully saturated rings. The number of rotatable bonds is 1. The Kier molecular flexibility index (Phi) is 13.7. The summed E-state index contributed by atoms with van der Waals surface area (Å²) in [6.45, 7) is 1.20. The van der Waals surface area contributed by atoms with Crippen molar-refractivity contribution in [3.05, 3.63) is 0 Å². The molecule has 46 valence electrons. The minimum absolute atomic E-state index is 0. The summed E-state index contributed by atoms with van der Waals surface area (Å²) in [4.78, 5) is 9.45. The minimum Gasteiger partial charge on any atom is -0.479 e. The Morgan fingerprint density at radius 1 is 1.62 bits per heavy atom. The zero-order valence-corrected chi connectivity index (χ0v) is 7.55. The third kappa shape index (κ3) is 9.38. The van der Waals surface area contributed by atoms with E-state index >= 15 is 0 Å².